The number of hydrogen-bond acceptors (Lipinski definition) is 3. The molecule has 2 aromatic rings. The van der Waals surface area contributed by atoms with E-state index in [-0.39, 0.29) is 0 Å². The highest BCUT2D eigenvalue weighted by Crippen LogP contribution is 2.34. The lowest BCUT2D eigenvalue weighted by Gasteiger charge is -2.02. The zero-order valence-electron chi connectivity index (χ0n) is 10.1. The Labute approximate surface area is 114 Å². The fourth-order valence-corrected chi connectivity index (χ4v) is 3.00. The zero-order valence-corrected chi connectivity index (χ0v) is 11.7. The number of ether oxygens (including phenoxy) is 1. The second kappa shape index (κ2) is 4.40. The van der Waals surface area contributed by atoms with Gasteiger partial charge in [0.15, 0.2) is 0 Å². The molecule has 0 bridgehead atoms. The largest absolute Gasteiger partial charge is 0.493 e. The van der Waals surface area contributed by atoms with Gasteiger partial charge < -0.3 is 10.5 Å². The normalized spacial score (nSPS) is 13.5. The maximum Gasteiger partial charge on any atom is 0.122 e. The van der Waals surface area contributed by atoms with Crippen molar-refractivity contribution in [1.82, 2.24) is 9.78 Å². The van der Waals surface area contributed by atoms with E-state index in [0.29, 0.717) is 6.54 Å². The van der Waals surface area contributed by atoms with Crippen molar-refractivity contribution in [3.05, 3.63) is 33.9 Å². The van der Waals surface area contributed by atoms with Gasteiger partial charge in [0.1, 0.15) is 11.4 Å². The summed E-state index contributed by atoms with van der Waals surface area (Å²) in [6.07, 6.45) is 0.970. The minimum atomic E-state index is 0.470. The third-order valence-corrected chi connectivity index (χ3v) is 4.09. The molecule has 2 heterocycles. The highest BCUT2D eigenvalue weighted by atomic mass is 79.9. The molecule has 0 unspecified atom stereocenters. The van der Waals surface area contributed by atoms with E-state index in [2.05, 4.69) is 27.1 Å². The molecule has 3 rings (SSSR count). The van der Waals surface area contributed by atoms with E-state index >= 15 is 0 Å². The van der Waals surface area contributed by atoms with Crippen LogP contribution in [0.1, 0.15) is 11.3 Å². The lowest BCUT2D eigenvalue weighted by Crippen LogP contribution is -2.04. The maximum atomic E-state index is 5.72. The summed E-state index contributed by atoms with van der Waals surface area (Å²) in [4.78, 5) is 0. The monoisotopic (exact) mass is 307 g/mol. The van der Waals surface area contributed by atoms with Crippen molar-refractivity contribution in [2.24, 2.45) is 12.8 Å². The van der Waals surface area contributed by atoms with Crippen LogP contribution in [0, 0.1) is 0 Å². The van der Waals surface area contributed by atoms with Gasteiger partial charge in [0.2, 0.25) is 0 Å². The molecule has 94 valence electrons. The van der Waals surface area contributed by atoms with Gasteiger partial charge in [-0.25, -0.2) is 0 Å². The summed E-state index contributed by atoms with van der Waals surface area (Å²) in [6, 6.07) is 6.20. The average Bonchev–Trinajstić information content (AvgIpc) is 2.93. The highest BCUT2D eigenvalue weighted by molar-refractivity contribution is 9.10. The van der Waals surface area contributed by atoms with Gasteiger partial charge in [-0.1, -0.05) is 0 Å². The Hall–Kier alpha value is -1.33. The number of halogens is 1. The average molecular weight is 308 g/mol. The van der Waals surface area contributed by atoms with Crippen molar-refractivity contribution in [2.75, 3.05) is 6.61 Å². The fraction of sp³-hybridized carbons (Fsp3) is 0.308. The Bertz CT molecular complexity index is 607. The summed E-state index contributed by atoms with van der Waals surface area (Å²) >= 11 is 3.59. The molecule has 0 spiro atoms. The minimum absolute atomic E-state index is 0.470. The number of hydrogen-bond donors (Lipinski definition) is 1. The molecule has 2 N–H and O–H groups in total. The van der Waals surface area contributed by atoms with Crippen molar-refractivity contribution in [3.63, 3.8) is 0 Å². The second-order valence-electron chi connectivity index (χ2n) is 4.36. The van der Waals surface area contributed by atoms with Crippen LogP contribution in [0.25, 0.3) is 11.3 Å². The number of aromatic nitrogens is 2. The molecule has 0 fully saturated rings. The van der Waals surface area contributed by atoms with E-state index in [9.17, 15) is 0 Å². The number of nitrogens with zero attached hydrogens (tertiary/aromatic N) is 2. The molecule has 18 heavy (non-hydrogen) atoms. The number of fused-ring (bicyclic) bond motifs is 1. The van der Waals surface area contributed by atoms with Gasteiger partial charge in [-0.3, -0.25) is 4.68 Å². The van der Waals surface area contributed by atoms with Gasteiger partial charge in [-0.2, -0.15) is 5.10 Å². The Morgan fingerprint density at radius 2 is 2.33 bits per heavy atom. The summed E-state index contributed by atoms with van der Waals surface area (Å²) in [5, 5.41) is 4.53. The molecule has 1 aliphatic rings. The Kier molecular flexibility index (Phi) is 2.87. The van der Waals surface area contributed by atoms with E-state index in [1.54, 1.807) is 0 Å². The van der Waals surface area contributed by atoms with Crippen LogP contribution in [0.5, 0.6) is 5.75 Å². The van der Waals surface area contributed by atoms with E-state index in [0.717, 1.165) is 40.2 Å². The summed E-state index contributed by atoms with van der Waals surface area (Å²) < 4.78 is 8.31. The van der Waals surface area contributed by atoms with Gasteiger partial charge in [0.25, 0.3) is 0 Å². The van der Waals surface area contributed by atoms with Crippen molar-refractivity contribution in [3.8, 4) is 17.0 Å². The summed E-state index contributed by atoms with van der Waals surface area (Å²) in [5.74, 6) is 0.991. The Balaban J connectivity index is 2.10. The summed E-state index contributed by atoms with van der Waals surface area (Å²) in [7, 11) is 1.91. The van der Waals surface area contributed by atoms with Crippen LogP contribution in [-0.2, 0) is 20.0 Å². The quantitative estimate of drug-likeness (QED) is 0.926. The SMILES string of the molecule is Cn1nc(-c2ccc3c(c2)CCO3)c(Br)c1CN. The minimum Gasteiger partial charge on any atom is -0.493 e. The predicted molar refractivity (Wildman–Crippen MR) is 73.4 cm³/mol. The van der Waals surface area contributed by atoms with Gasteiger partial charge in [-0.15, -0.1) is 0 Å². The molecular weight excluding hydrogens is 294 g/mol. The molecule has 4 nitrogen and oxygen atoms in total. The predicted octanol–water partition coefficient (Wildman–Crippen LogP) is 2.24. The van der Waals surface area contributed by atoms with Crippen LogP contribution in [0.4, 0.5) is 0 Å². The third-order valence-electron chi connectivity index (χ3n) is 3.26. The van der Waals surface area contributed by atoms with E-state index in [4.69, 9.17) is 10.5 Å². The first-order chi connectivity index (χ1) is 8.70. The first-order valence-corrected chi connectivity index (χ1v) is 6.67. The number of rotatable bonds is 2. The standard InChI is InChI=1S/C13H14BrN3O/c1-17-10(7-15)12(14)13(16-17)9-2-3-11-8(6-9)4-5-18-11/h2-3,6H,4-5,7,15H2,1H3. The zero-order chi connectivity index (χ0) is 12.7. The van der Waals surface area contributed by atoms with Gasteiger partial charge >= 0.3 is 0 Å². The smallest absolute Gasteiger partial charge is 0.122 e. The van der Waals surface area contributed by atoms with Crippen molar-refractivity contribution in [2.45, 2.75) is 13.0 Å². The molecule has 0 saturated carbocycles. The van der Waals surface area contributed by atoms with E-state index in [1.807, 2.05) is 23.9 Å². The molecule has 5 heteroatoms. The van der Waals surface area contributed by atoms with Crippen molar-refractivity contribution in [1.29, 1.82) is 0 Å². The van der Waals surface area contributed by atoms with Gasteiger partial charge in [0.05, 0.1) is 16.8 Å². The van der Waals surface area contributed by atoms with Crippen molar-refractivity contribution >= 4 is 15.9 Å². The van der Waals surface area contributed by atoms with Crippen LogP contribution < -0.4 is 10.5 Å². The summed E-state index contributed by atoms with van der Waals surface area (Å²) in [5.41, 5.74) is 10.0. The summed E-state index contributed by atoms with van der Waals surface area (Å²) in [6.45, 7) is 1.24. The molecular formula is C13H14BrN3O. The molecule has 0 radical (unpaired) electrons. The molecule has 0 amide bonds. The third kappa shape index (κ3) is 1.74. The fourth-order valence-electron chi connectivity index (χ4n) is 2.27. The van der Waals surface area contributed by atoms with E-state index in [1.165, 1.54) is 5.56 Å². The highest BCUT2D eigenvalue weighted by Gasteiger charge is 2.17. The Morgan fingerprint density at radius 1 is 1.50 bits per heavy atom. The molecule has 1 aliphatic heterocycles. The first kappa shape index (κ1) is 11.7. The molecule has 1 aromatic carbocycles. The second-order valence-corrected chi connectivity index (χ2v) is 5.15. The number of nitrogens with two attached hydrogens (primary N) is 1. The molecule has 0 aliphatic carbocycles. The van der Waals surface area contributed by atoms with E-state index < -0.39 is 0 Å². The van der Waals surface area contributed by atoms with Crippen LogP contribution in [0.3, 0.4) is 0 Å². The maximum absolute atomic E-state index is 5.72. The molecule has 0 saturated heterocycles. The van der Waals surface area contributed by atoms with Crippen molar-refractivity contribution < 1.29 is 4.74 Å². The molecule has 1 aromatic heterocycles. The number of aryl methyl sites for hydroxylation is 1. The number of benzene rings is 1. The topological polar surface area (TPSA) is 53.1 Å². The van der Waals surface area contributed by atoms with Crippen LogP contribution in [-0.4, -0.2) is 16.4 Å². The van der Waals surface area contributed by atoms with Crippen LogP contribution in [0.2, 0.25) is 0 Å². The lowest BCUT2D eigenvalue weighted by atomic mass is 10.1. The van der Waals surface area contributed by atoms with Gasteiger partial charge in [-0.05, 0) is 39.7 Å². The van der Waals surface area contributed by atoms with Crippen LogP contribution in [0.15, 0.2) is 22.7 Å². The molecule has 0 atom stereocenters. The van der Waals surface area contributed by atoms with Gasteiger partial charge in [0, 0.05) is 25.6 Å². The first-order valence-electron chi connectivity index (χ1n) is 5.88. The van der Waals surface area contributed by atoms with Crippen LogP contribution >= 0.6 is 15.9 Å². The Morgan fingerprint density at radius 3 is 3.06 bits per heavy atom. The lowest BCUT2D eigenvalue weighted by molar-refractivity contribution is 0.357.